The molecule has 0 bridgehead atoms. The van der Waals surface area contributed by atoms with E-state index in [2.05, 4.69) is 12.2 Å². The number of unbranched alkanes of at least 4 members (excludes halogenated alkanes) is 1. The van der Waals surface area contributed by atoms with Gasteiger partial charge in [-0.05, 0) is 30.7 Å². The minimum absolute atomic E-state index is 0.337. The van der Waals surface area contributed by atoms with Gasteiger partial charge < -0.3 is 10.1 Å². The summed E-state index contributed by atoms with van der Waals surface area (Å²) >= 11 is 0. The summed E-state index contributed by atoms with van der Waals surface area (Å²) in [5, 5.41) is 3.31. The number of rotatable bonds is 6. The number of ether oxygens (including phenoxy) is 1. The van der Waals surface area contributed by atoms with E-state index in [0.717, 1.165) is 25.1 Å². The number of anilines is 1. The minimum Gasteiger partial charge on any atom is -0.423 e. The molecule has 0 aliphatic carbocycles. The molecule has 0 spiro atoms. The summed E-state index contributed by atoms with van der Waals surface area (Å²) in [6, 6.07) is 16.5. The summed E-state index contributed by atoms with van der Waals surface area (Å²) in [7, 11) is 0. The van der Waals surface area contributed by atoms with Crippen LogP contribution in [0.5, 0.6) is 5.75 Å². The van der Waals surface area contributed by atoms with Crippen molar-refractivity contribution in [2.75, 3.05) is 11.9 Å². The molecule has 2 aromatic rings. The van der Waals surface area contributed by atoms with E-state index in [1.165, 1.54) is 0 Å². The highest BCUT2D eigenvalue weighted by Crippen LogP contribution is 2.18. The third-order valence-corrected chi connectivity index (χ3v) is 2.91. The van der Waals surface area contributed by atoms with Crippen LogP contribution in [0.1, 0.15) is 30.1 Å². The summed E-state index contributed by atoms with van der Waals surface area (Å²) in [5.41, 5.74) is 1.52. The second-order valence-electron chi connectivity index (χ2n) is 4.56. The molecule has 3 nitrogen and oxygen atoms in total. The van der Waals surface area contributed by atoms with Crippen molar-refractivity contribution in [3.8, 4) is 5.75 Å². The number of carbonyl (C=O) groups is 1. The smallest absolute Gasteiger partial charge is 0.343 e. The molecule has 0 saturated carbocycles. The number of hydrogen-bond donors (Lipinski definition) is 1. The van der Waals surface area contributed by atoms with E-state index in [1.54, 1.807) is 18.2 Å². The van der Waals surface area contributed by atoms with Gasteiger partial charge in [0, 0.05) is 18.3 Å². The van der Waals surface area contributed by atoms with E-state index >= 15 is 0 Å². The lowest BCUT2D eigenvalue weighted by Crippen LogP contribution is -2.08. The fourth-order valence-electron chi connectivity index (χ4n) is 1.82. The average Bonchev–Trinajstić information content (AvgIpc) is 2.49. The molecule has 0 fully saturated rings. The summed E-state index contributed by atoms with van der Waals surface area (Å²) in [6.07, 6.45) is 2.27. The monoisotopic (exact) mass is 269 g/mol. The van der Waals surface area contributed by atoms with E-state index in [9.17, 15) is 4.79 Å². The molecule has 0 aliphatic heterocycles. The predicted octanol–water partition coefficient (Wildman–Crippen LogP) is 4.12. The van der Waals surface area contributed by atoms with E-state index in [1.807, 2.05) is 36.4 Å². The standard InChI is InChI=1S/C17H19NO2/c1-2-3-12-18-15-10-7-11-16(13-15)20-17(19)14-8-5-4-6-9-14/h4-11,13,18H,2-3,12H2,1H3. The van der Waals surface area contributed by atoms with Crippen LogP contribution in [-0.4, -0.2) is 12.5 Å². The molecule has 1 N–H and O–H groups in total. The van der Waals surface area contributed by atoms with Gasteiger partial charge in [0.15, 0.2) is 0 Å². The third kappa shape index (κ3) is 4.12. The average molecular weight is 269 g/mol. The molecule has 2 rings (SSSR count). The zero-order valence-electron chi connectivity index (χ0n) is 11.6. The largest absolute Gasteiger partial charge is 0.423 e. The zero-order valence-corrected chi connectivity index (χ0v) is 11.6. The van der Waals surface area contributed by atoms with Crippen LogP contribution in [0.25, 0.3) is 0 Å². The van der Waals surface area contributed by atoms with Crippen LogP contribution < -0.4 is 10.1 Å². The molecule has 0 aromatic heterocycles. The first-order valence-corrected chi connectivity index (χ1v) is 6.91. The SMILES string of the molecule is CCCCNc1cccc(OC(=O)c2ccccc2)c1. The van der Waals surface area contributed by atoms with Crippen molar-refractivity contribution in [2.24, 2.45) is 0 Å². The molecule has 0 amide bonds. The molecule has 0 atom stereocenters. The van der Waals surface area contributed by atoms with Crippen LogP contribution in [0, 0.1) is 0 Å². The van der Waals surface area contributed by atoms with E-state index in [-0.39, 0.29) is 5.97 Å². The normalized spacial score (nSPS) is 10.1. The summed E-state index contributed by atoms with van der Waals surface area (Å²) < 4.78 is 5.37. The van der Waals surface area contributed by atoms with Gasteiger partial charge in [0.25, 0.3) is 0 Å². The predicted molar refractivity (Wildman–Crippen MR) is 81.2 cm³/mol. The third-order valence-electron chi connectivity index (χ3n) is 2.91. The lowest BCUT2D eigenvalue weighted by atomic mass is 10.2. The Bertz CT molecular complexity index is 552. The Balaban J connectivity index is 1.99. The van der Waals surface area contributed by atoms with Crippen molar-refractivity contribution in [1.82, 2.24) is 0 Å². The van der Waals surface area contributed by atoms with Crippen molar-refractivity contribution < 1.29 is 9.53 Å². The second kappa shape index (κ2) is 7.34. The molecular formula is C17H19NO2. The maximum Gasteiger partial charge on any atom is 0.343 e. The highest BCUT2D eigenvalue weighted by molar-refractivity contribution is 5.91. The molecule has 2 aromatic carbocycles. The Morgan fingerprint density at radius 3 is 2.65 bits per heavy atom. The first-order chi connectivity index (χ1) is 9.79. The summed E-state index contributed by atoms with van der Waals surface area (Å²) in [5.74, 6) is 0.219. The molecule has 20 heavy (non-hydrogen) atoms. The topological polar surface area (TPSA) is 38.3 Å². The fraction of sp³-hybridized carbons (Fsp3) is 0.235. The van der Waals surface area contributed by atoms with E-state index in [0.29, 0.717) is 11.3 Å². The number of esters is 1. The Kier molecular flexibility index (Phi) is 5.18. The Labute approximate surface area is 119 Å². The van der Waals surface area contributed by atoms with Gasteiger partial charge in [0.2, 0.25) is 0 Å². The van der Waals surface area contributed by atoms with Gasteiger partial charge in [-0.1, -0.05) is 37.6 Å². The van der Waals surface area contributed by atoms with Crippen molar-refractivity contribution in [3.05, 3.63) is 60.2 Å². The molecule has 0 heterocycles. The van der Waals surface area contributed by atoms with Gasteiger partial charge in [0.1, 0.15) is 5.75 Å². The van der Waals surface area contributed by atoms with Crippen LogP contribution >= 0.6 is 0 Å². The molecule has 0 radical (unpaired) electrons. The van der Waals surface area contributed by atoms with Crippen LogP contribution in [0.15, 0.2) is 54.6 Å². The van der Waals surface area contributed by atoms with E-state index < -0.39 is 0 Å². The van der Waals surface area contributed by atoms with Crippen LogP contribution in [0.4, 0.5) is 5.69 Å². The van der Waals surface area contributed by atoms with Gasteiger partial charge >= 0.3 is 5.97 Å². The lowest BCUT2D eigenvalue weighted by molar-refractivity contribution is 0.0735. The fourth-order valence-corrected chi connectivity index (χ4v) is 1.82. The lowest BCUT2D eigenvalue weighted by Gasteiger charge is -2.08. The molecular weight excluding hydrogens is 250 g/mol. The number of benzene rings is 2. The molecule has 3 heteroatoms. The second-order valence-corrected chi connectivity index (χ2v) is 4.56. The first-order valence-electron chi connectivity index (χ1n) is 6.91. The van der Waals surface area contributed by atoms with Gasteiger partial charge in [-0.2, -0.15) is 0 Å². The van der Waals surface area contributed by atoms with Gasteiger partial charge in [-0.15, -0.1) is 0 Å². The Morgan fingerprint density at radius 1 is 1.10 bits per heavy atom. The van der Waals surface area contributed by atoms with Crippen LogP contribution in [0.3, 0.4) is 0 Å². The highest BCUT2D eigenvalue weighted by atomic mass is 16.5. The summed E-state index contributed by atoms with van der Waals surface area (Å²) in [4.78, 5) is 11.9. The first kappa shape index (κ1) is 14.1. The Hall–Kier alpha value is -2.29. The quantitative estimate of drug-likeness (QED) is 0.487. The van der Waals surface area contributed by atoms with Crippen molar-refractivity contribution >= 4 is 11.7 Å². The maximum atomic E-state index is 11.9. The minimum atomic E-state index is -0.337. The molecule has 0 unspecified atom stereocenters. The van der Waals surface area contributed by atoms with Crippen molar-refractivity contribution in [3.63, 3.8) is 0 Å². The number of carbonyl (C=O) groups excluding carboxylic acids is 1. The highest BCUT2D eigenvalue weighted by Gasteiger charge is 2.07. The molecule has 0 saturated heterocycles. The number of nitrogens with one attached hydrogen (secondary N) is 1. The zero-order chi connectivity index (χ0) is 14.2. The van der Waals surface area contributed by atoms with Crippen LogP contribution in [-0.2, 0) is 0 Å². The summed E-state index contributed by atoms with van der Waals surface area (Å²) in [6.45, 7) is 3.08. The van der Waals surface area contributed by atoms with Crippen molar-refractivity contribution in [2.45, 2.75) is 19.8 Å². The molecule has 104 valence electrons. The van der Waals surface area contributed by atoms with Gasteiger partial charge in [0.05, 0.1) is 5.56 Å². The molecule has 0 aliphatic rings. The van der Waals surface area contributed by atoms with E-state index in [4.69, 9.17) is 4.74 Å². The maximum absolute atomic E-state index is 11.9. The van der Waals surface area contributed by atoms with Crippen molar-refractivity contribution in [1.29, 1.82) is 0 Å². The van der Waals surface area contributed by atoms with Gasteiger partial charge in [-0.25, -0.2) is 4.79 Å². The Morgan fingerprint density at radius 2 is 1.90 bits per heavy atom. The van der Waals surface area contributed by atoms with Crippen LogP contribution in [0.2, 0.25) is 0 Å². The number of hydrogen-bond acceptors (Lipinski definition) is 3. The van der Waals surface area contributed by atoms with Gasteiger partial charge in [-0.3, -0.25) is 0 Å².